The molecule has 0 aromatic carbocycles. The van der Waals surface area contributed by atoms with Gasteiger partial charge >= 0.3 is 0 Å². The first kappa shape index (κ1) is 14.4. The Balaban J connectivity index is 1.43. The van der Waals surface area contributed by atoms with Crippen LogP contribution in [0, 0.1) is 0 Å². The first-order valence-electron chi connectivity index (χ1n) is 7.29. The van der Waals surface area contributed by atoms with Crippen molar-refractivity contribution in [3.8, 4) is 11.7 Å². The minimum atomic E-state index is 0.215. The third kappa shape index (κ3) is 3.27. The predicted octanol–water partition coefficient (Wildman–Crippen LogP) is 2.92. The number of hydrogen-bond donors (Lipinski definition) is 0. The molecule has 3 aromatic rings. The summed E-state index contributed by atoms with van der Waals surface area (Å²) in [5.41, 5.74) is 0. The van der Waals surface area contributed by atoms with E-state index in [1.54, 1.807) is 18.5 Å². The molecule has 4 heterocycles. The van der Waals surface area contributed by atoms with Crippen molar-refractivity contribution in [1.82, 2.24) is 20.1 Å². The van der Waals surface area contributed by atoms with Crippen LogP contribution >= 0.6 is 11.8 Å². The number of aromatic nitrogens is 4. The molecule has 0 bridgehead atoms. The average molecular weight is 330 g/mol. The molecule has 0 saturated carbocycles. The van der Waals surface area contributed by atoms with E-state index >= 15 is 0 Å². The summed E-state index contributed by atoms with van der Waals surface area (Å²) >= 11 is 1.51. The van der Waals surface area contributed by atoms with E-state index < -0.39 is 0 Å². The highest BCUT2D eigenvalue weighted by atomic mass is 32.2. The highest BCUT2D eigenvalue weighted by molar-refractivity contribution is 7.98. The highest BCUT2D eigenvalue weighted by Crippen LogP contribution is 2.28. The third-order valence-electron chi connectivity index (χ3n) is 3.49. The van der Waals surface area contributed by atoms with Crippen molar-refractivity contribution in [2.75, 3.05) is 13.2 Å². The van der Waals surface area contributed by atoms with Gasteiger partial charge in [-0.25, -0.2) is 9.97 Å². The molecular formula is C15H14N4O3S. The molecule has 118 valence electrons. The number of nitrogens with zero attached hydrogens (tertiary/aromatic N) is 4. The quantitative estimate of drug-likeness (QED) is 0.521. The Bertz CT molecular complexity index is 768. The fraction of sp³-hybridized carbons (Fsp3) is 0.333. The van der Waals surface area contributed by atoms with Crippen LogP contribution in [0.25, 0.3) is 11.7 Å². The molecule has 23 heavy (non-hydrogen) atoms. The monoisotopic (exact) mass is 330 g/mol. The molecule has 3 aromatic heterocycles. The molecule has 8 heteroatoms. The Labute approximate surface area is 136 Å². The van der Waals surface area contributed by atoms with E-state index in [1.165, 1.54) is 11.8 Å². The maximum atomic E-state index is 5.76. The fourth-order valence-corrected chi connectivity index (χ4v) is 3.00. The van der Waals surface area contributed by atoms with Gasteiger partial charge in [0.15, 0.2) is 16.7 Å². The first-order valence-corrected chi connectivity index (χ1v) is 8.27. The highest BCUT2D eigenvalue weighted by Gasteiger charge is 2.24. The predicted molar refractivity (Wildman–Crippen MR) is 81.8 cm³/mol. The van der Waals surface area contributed by atoms with E-state index in [0.29, 0.717) is 35.0 Å². The Morgan fingerprint density at radius 2 is 2.13 bits per heavy atom. The molecule has 1 saturated heterocycles. The van der Waals surface area contributed by atoms with E-state index in [9.17, 15) is 0 Å². The topological polar surface area (TPSA) is 87.1 Å². The average Bonchev–Trinajstić information content (AvgIpc) is 3.33. The number of thioether (sulfide) groups is 1. The molecule has 0 spiro atoms. The molecule has 0 N–H and O–H groups in total. The van der Waals surface area contributed by atoms with Gasteiger partial charge in [0, 0.05) is 24.9 Å². The summed E-state index contributed by atoms with van der Waals surface area (Å²) in [6.07, 6.45) is 4.36. The summed E-state index contributed by atoms with van der Waals surface area (Å²) in [7, 11) is 0. The lowest BCUT2D eigenvalue weighted by molar-refractivity contribution is 0.192. The second-order valence-electron chi connectivity index (χ2n) is 5.10. The lowest BCUT2D eigenvalue weighted by Gasteiger charge is -1.97. The Kier molecular flexibility index (Phi) is 4.08. The van der Waals surface area contributed by atoms with Gasteiger partial charge in [0.1, 0.15) is 5.76 Å². The van der Waals surface area contributed by atoms with Crippen LogP contribution in [0.1, 0.15) is 23.9 Å². The molecule has 1 atom stereocenters. The van der Waals surface area contributed by atoms with Gasteiger partial charge in [0.2, 0.25) is 0 Å². The summed E-state index contributed by atoms with van der Waals surface area (Å²) in [6.45, 7) is 1.40. The maximum absolute atomic E-state index is 5.76. The molecule has 0 amide bonds. The van der Waals surface area contributed by atoms with Crippen molar-refractivity contribution in [1.29, 1.82) is 0 Å². The Hall–Kier alpha value is -2.19. The normalized spacial score (nSPS) is 17.7. The molecule has 1 aliphatic rings. The minimum Gasteiger partial charge on any atom is -0.455 e. The van der Waals surface area contributed by atoms with Crippen LogP contribution in [0.15, 0.2) is 44.7 Å². The molecule has 0 unspecified atom stereocenters. The zero-order chi connectivity index (χ0) is 15.5. The van der Waals surface area contributed by atoms with Crippen molar-refractivity contribution in [2.45, 2.75) is 23.2 Å². The van der Waals surface area contributed by atoms with Crippen LogP contribution in [0.2, 0.25) is 0 Å². The van der Waals surface area contributed by atoms with E-state index in [0.717, 1.165) is 18.8 Å². The summed E-state index contributed by atoms with van der Waals surface area (Å²) < 4.78 is 16.4. The molecule has 0 radical (unpaired) electrons. The van der Waals surface area contributed by atoms with Crippen molar-refractivity contribution in [2.24, 2.45) is 0 Å². The number of furan rings is 1. The van der Waals surface area contributed by atoms with E-state index in [4.69, 9.17) is 13.7 Å². The second kappa shape index (κ2) is 6.51. The van der Waals surface area contributed by atoms with E-state index in [1.807, 2.05) is 12.1 Å². The van der Waals surface area contributed by atoms with Crippen molar-refractivity contribution >= 4 is 11.8 Å². The molecule has 0 aliphatic carbocycles. The zero-order valence-electron chi connectivity index (χ0n) is 12.2. The van der Waals surface area contributed by atoms with Crippen LogP contribution in [-0.2, 0) is 10.5 Å². The second-order valence-corrected chi connectivity index (χ2v) is 6.05. The zero-order valence-corrected chi connectivity index (χ0v) is 13.0. The molecule has 7 nitrogen and oxygen atoms in total. The fourth-order valence-electron chi connectivity index (χ4n) is 2.30. The third-order valence-corrected chi connectivity index (χ3v) is 4.39. The first-order chi connectivity index (χ1) is 11.4. The summed E-state index contributed by atoms with van der Waals surface area (Å²) in [5.74, 6) is 3.32. The smallest absolute Gasteiger partial charge is 0.293 e. The van der Waals surface area contributed by atoms with Crippen LogP contribution in [0.3, 0.4) is 0 Å². The van der Waals surface area contributed by atoms with E-state index in [2.05, 4.69) is 20.1 Å². The minimum absolute atomic E-state index is 0.215. The number of rotatable bonds is 5. The standard InChI is InChI=1S/C15H14N4O3S/c1-5-16-15(17-6-1)23-9-11-2-3-12(21-11)14-18-13(19-22-14)10-4-7-20-8-10/h1-3,5-6,10H,4,7-9H2/t10-/m1/s1. The van der Waals surface area contributed by atoms with Gasteiger partial charge in [-0.3, -0.25) is 0 Å². The van der Waals surface area contributed by atoms with Gasteiger partial charge in [-0.15, -0.1) is 0 Å². The molecule has 1 fully saturated rings. The molecular weight excluding hydrogens is 316 g/mol. The Morgan fingerprint density at radius 1 is 1.22 bits per heavy atom. The molecule has 4 rings (SSSR count). The van der Waals surface area contributed by atoms with Crippen molar-refractivity contribution < 1.29 is 13.7 Å². The van der Waals surface area contributed by atoms with Gasteiger partial charge in [-0.2, -0.15) is 4.98 Å². The van der Waals surface area contributed by atoms with Gasteiger partial charge < -0.3 is 13.7 Å². The summed E-state index contributed by atoms with van der Waals surface area (Å²) in [5, 5.41) is 4.74. The molecule has 1 aliphatic heterocycles. The number of hydrogen-bond acceptors (Lipinski definition) is 8. The van der Waals surface area contributed by atoms with Gasteiger partial charge in [-0.05, 0) is 24.6 Å². The lowest BCUT2D eigenvalue weighted by atomic mass is 10.1. The van der Waals surface area contributed by atoms with Crippen LogP contribution < -0.4 is 0 Å². The Morgan fingerprint density at radius 3 is 2.96 bits per heavy atom. The summed E-state index contributed by atoms with van der Waals surface area (Å²) in [6, 6.07) is 5.52. The van der Waals surface area contributed by atoms with Crippen molar-refractivity contribution in [3.63, 3.8) is 0 Å². The van der Waals surface area contributed by atoms with E-state index in [-0.39, 0.29) is 5.92 Å². The number of ether oxygens (including phenoxy) is 1. The van der Waals surface area contributed by atoms with Gasteiger partial charge in [0.25, 0.3) is 5.89 Å². The SMILES string of the molecule is c1cnc(SCc2ccc(-c3nc([C@@H]4CCOC4)no3)o2)nc1. The van der Waals surface area contributed by atoms with Crippen LogP contribution in [0.4, 0.5) is 0 Å². The van der Waals surface area contributed by atoms with Crippen molar-refractivity contribution in [3.05, 3.63) is 42.2 Å². The van der Waals surface area contributed by atoms with Crippen LogP contribution in [-0.4, -0.2) is 33.3 Å². The summed E-state index contributed by atoms with van der Waals surface area (Å²) in [4.78, 5) is 12.7. The van der Waals surface area contributed by atoms with Gasteiger partial charge in [-0.1, -0.05) is 16.9 Å². The lowest BCUT2D eigenvalue weighted by Crippen LogP contribution is -1.99. The maximum Gasteiger partial charge on any atom is 0.293 e. The van der Waals surface area contributed by atoms with Gasteiger partial charge in [0.05, 0.1) is 12.4 Å². The largest absolute Gasteiger partial charge is 0.455 e. The van der Waals surface area contributed by atoms with Crippen LogP contribution in [0.5, 0.6) is 0 Å².